The van der Waals surface area contributed by atoms with Gasteiger partial charge in [-0.1, -0.05) is 23.2 Å². The molecule has 21 heavy (non-hydrogen) atoms. The summed E-state index contributed by atoms with van der Waals surface area (Å²) in [6, 6.07) is 3.07. The second kappa shape index (κ2) is 7.85. The number of hydrogen-bond donors (Lipinski definition) is 3. The first-order chi connectivity index (χ1) is 9.81. The summed E-state index contributed by atoms with van der Waals surface area (Å²) in [5.74, 6) is -2.94. The fraction of sp³-hybridized carbons (Fsp3) is 0.308. The molecular weight excluding hydrogens is 321 g/mol. The second-order valence-corrected chi connectivity index (χ2v) is 5.12. The molecule has 0 fully saturated rings. The van der Waals surface area contributed by atoms with Crippen molar-refractivity contribution in [3.8, 4) is 0 Å². The third-order valence-electron chi connectivity index (χ3n) is 2.66. The maximum absolute atomic E-state index is 12.0. The lowest BCUT2D eigenvalue weighted by Crippen LogP contribution is -2.40. The Hall–Kier alpha value is -1.79. The predicted octanol–water partition coefficient (Wildman–Crippen LogP) is 2.43. The van der Waals surface area contributed by atoms with Gasteiger partial charge in [-0.05, 0) is 31.0 Å². The summed E-state index contributed by atoms with van der Waals surface area (Å²) in [7, 11) is 0. The monoisotopic (exact) mass is 333 g/mol. The molecule has 0 aromatic heterocycles. The number of halogens is 2. The molecule has 0 heterocycles. The average molecular weight is 334 g/mol. The Morgan fingerprint density at radius 1 is 1.19 bits per heavy atom. The number of hydrogen-bond acceptors (Lipinski definition) is 3. The van der Waals surface area contributed by atoms with Crippen LogP contribution in [0.25, 0.3) is 0 Å². The normalized spacial score (nSPS) is 11.7. The third kappa shape index (κ3) is 5.61. The van der Waals surface area contributed by atoms with Crippen LogP contribution >= 0.6 is 23.2 Å². The van der Waals surface area contributed by atoms with Gasteiger partial charge in [0.25, 0.3) is 5.91 Å². The molecule has 1 aromatic rings. The maximum Gasteiger partial charge on any atom is 0.326 e. The highest BCUT2D eigenvalue weighted by atomic mass is 35.5. The van der Waals surface area contributed by atoms with Crippen molar-refractivity contribution in [1.82, 2.24) is 5.32 Å². The Morgan fingerprint density at radius 3 is 2.43 bits per heavy atom. The van der Waals surface area contributed by atoms with Gasteiger partial charge in [-0.25, -0.2) is 4.79 Å². The molecule has 3 N–H and O–H groups in total. The minimum absolute atomic E-state index is 0.00551. The van der Waals surface area contributed by atoms with Crippen molar-refractivity contribution in [2.75, 3.05) is 0 Å². The van der Waals surface area contributed by atoms with Gasteiger partial charge in [-0.15, -0.1) is 0 Å². The lowest BCUT2D eigenvalue weighted by Gasteiger charge is -2.14. The highest BCUT2D eigenvalue weighted by molar-refractivity contribution is 6.35. The highest BCUT2D eigenvalue weighted by Gasteiger charge is 2.22. The SMILES string of the molecule is O=C(O)CCC[C@@H](NC(=O)c1cc(Cl)ccc1Cl)C(=O)O. The number of carboxylic acids is 2. The van der Waals surface area contributed by atoms with E-state index in [4.69, 9.17) is 33.4 Å². The molecule has 0 aliphatic carbocycles. The summed E-state index contributed by atoms with van der Waals surface area (Å²) in [4.78, 5) is 33.5. The Kier molecular flexibility index (Phi) is 6.45. The fourth-order valence-electron chi connectivity index (χ4n) is 1.62. The van der Waals surface area contributed by atoms with Crippen LogP contribution in [0.15, 0.2) is 18.2 Å². The summed E-state index contributed by atoms with van der Waals surface area (Å²) in [5.41, 5.74) is 0.0636. The molecule has 8 heteroatoms. The molecule has 0 aliphatic heterocycles. The molecule has 114 valence electrons. The van der Waals surface area contributed by atoms with E-state index in [2.05, 4.69) is 5.32 Å². The molecule has 1 rings (SSSR count). The minimum Gasteiger partial charge on any atom is -0.481 e. The lowest BCUT2D eigenvalue weighted by molar-refractivity contribution is -0.140. The highest BCUT2D eigenvalue weighted by Crippen LogP contribution is 2.20. The molecule has 0 spiro atoms. The van der Waals surface area contributed by atoms with Gasteiger partial charge in [0.05, 0.1) is 10.6 Å². The predicted molar refractivity (Wildman–Crippen MR) is 76.8 cm³/mol. The molecule has 0 saturated heterocycles. The van der Waals surface area contributed by atoms with E-state index < -0.39 is 23.9 Å². The van der Waals surface area contributed by atoms with E-state index in [1.54, 1.807) is 0 Å². The molecule has 1 aromatic carbocycles. The largest absolute Gasteiger partial charge is 0.481 e. The Bertz CT molecular complexity index is 561. The topological polar surface area (TPSA) is 104 Å². The first-order valence-corrected chi connectivity index (χ1v) is 6.77. The Balaban J connectivity index is 2.74. The number of aliphatic carboxylic acids is 2. The molecule has 0 unspecified atom stereocenters. The summed E-state index contributed by atoms with van der Waals surface area (Å²) in [6.45, 7) is 0. The van der Waals surface area contributed by atoms with Crippen LogP contribution in [-0.4, -0.2) is 34.1 Å². The van der Waals surface area contributed by atoms with Crippen LogP contribution in [0.1, 0.15) is 29.6 Å². The van der Waals surface area contributed by atoms with E-state index in [0.29, 0.717) is 5.02 Å². The molecular formula is C13H13Cl2NO5. The second-order valence-electron chi connectivity index (χ2n) is 4.27. The molecule has 0 aliphatic rings. The maximum atomic E-state index is 12.0. The van der Waals surface area contributed by atoms with E-state index in [-0.39, 0.29) is 29.8 Å². The first-order valence-electron chi connectivity index (χ1n) is 6.01. The molecule has 6 nitrogen and oxygen atoms in total. The zero-order chi connectivity index (χ0) is 16.0. The zero-order valence-electron chi connectivity index (χ0n) is 10.8. The number of carbonyl (C=O) groups excluding carboxylic acids is 1. The number of rotatable bonds is 7. The summed E-state index contributed by atoms with van der Waals surface area (Å²) >= 11 is 11.6. The van der Waals surface area contributed by atoms with Gasteiger partial charge >= 0.3 is 11.9 Å². The van der Waals surface area contributed by atoms with E-state index in [1.165, 1.54) is 18.2 Å². The zero-order valence-corrected chi connectivity index (χ0v) is 12.3. The smallest absolute Gasteiger partial charge is 0.326 e. The van der Waals surface area contributed by atoms with Crippen molar-refractivity contribution in [3.05, 3.63) is 33.8 Å². The van der Waals surface area contributed by atoms with Crippen LogP contribution in [0.2, 0.25) is 10.0 Å². The van der Waals surface area contributed by atoms with E-state index in [9.17, 15) is 14.4 Å². The lowest BCUT2D eigenvalue weighted by atomic mass is 10.1. The van der Waals surface area contributed by atoms with E-state index in [1.807, 2.05) is 0 Å². The van der Waals surface area contributed by atoms with Gasteiger partial charge < -0.3 is 15.5 Å². The van der Waals surface area contributed by atoms with E-state index >= 15 is 0 Å². The van der Waals surface area contributed by atoms with Gasteiger partial charge in [0.15, 0.2) is 0 Å². The fourth-order valence-corrected chi connectivity index (χ4v) is 2.00. The van der Waals surface area contributed by atoms with Crippen molar-refractivity contribution < 1.29 is 24.6 Å². The van der Waals surface area contributed by atoms with Crippen molar-refractivity contribution >= 4 is 41.0 Å². The molecule has 1 amide bonds. The van der Waals surface area contributed by atoms with Crippen LogP contribution in [0, 0.1) is 0 Å². The quantitative estimate of drug-likeness (QED) is 0.710. The minimum atomic E-state index is -1.24. The van der Waals surface area contributed by atoms with Gasteiger partial charge in [-0.2, -0.15) is 0 Å². The van der Waals surface area contributed by atoms with Gasteiger partial charge in [0.2, 0.25) is 0 Å². The first kappa shape index (κ1) is 17.3. The van der Waals surface area contributed by atoms with Gasteiger partial charge in [0.1, 0.15) is 6.04 Å². The van der Waals surface area contributed by atoms with Crippen LogP contribution < -0.4 is 5.32 Å². The third-order valence-corrected chi connectivity index (χ3v) is 3.22. The number of amides is 1. The summed E-state index contributed by atoms with van der Waals surface area (Å²) < 4.78 is 0. The van der Waals surface area contributed by atoms with Crippen LogP contribution in [0.3, 0.4) is 0 Å². The van der Waals surface area contributed by atoms with Crippen LogP contribution in [-0.2, 0) is 9.59 Å². The van der Waals surface area contributed by atoms with Crippen LogP contribution in [0.5, 0.6) is 0 Å². The van der Waals surface area contributed by atoms with E-state index in [0.717, 1.165) is 0 Å². The molecule has 1 atom stereocenters. The number of carbonyl (C=O) groups is 3. The Morgan fingerprint density at radius 2 is 1.86 bits per heavy atom. The Labute approximate surface area is 130 Å². The standard InChI is InChI=1S/C13H13Cl2NO5/c14-7-4-5-9(15)8(6-7)12(19)16-10(13(20)21)2-1-3-11(17)18/h4-6,10H,1-3H2,(H,16,19)(H,17,18)(H,20,21)/t10-/m1/s1. The molecule has 0 bridgehead atoms. The summed E-state index contributed by atoms with van der Waals surface area (Å²) in [5, 5.41) is 20.3. The van der Waals surface area contributed by atoms with Crippen LogP contribution in [0.4, 0.5) is 0 Å². The van der Waals surface area contributed by atoms with Crippen molar-refractivity contribution in [1.29, 1.82) is 0 Å². The summed E-state index contributed by atoms with van der Waals surface area (Å²) in [6.07, 6.45) is -0.0288. The van der Waals surface area contributed by atoms with Gasteiger partial charge in [0, 0.05) is 11.4 Å². The molecule has 0 radical (unpaired) electrons. The van der Waals surface area contributed by atoms with Crippen molar-refractivity contribution in [2.24, 2.45) is 0 Å². The van der Waals surface area contributed by atoms with Gasteiger partial charge in [-0.3, -0.25) is 9.59 Å². The average Bonchev–Trinajstić information content (AvgIpc) is 2.39. The number of nitrogens with one attached hydrogen (secondary N) is 1. The van der Waals surface area contributed by atoms with Crippen molar-refractivity contribution in [3.63, 3.8) is 0 Å². The molecule has 0 saturated carbocycles. The number of carboxylic acid groups (broad SMARTS) is 2. The van der Waals surface area contributed by atoms with Crippen molar-refractivity contribution in [2.45, 2.75) is 25.3 Å². The number of benzene rings is 1.